The molecule has 2 aromatic heterocycles. The molecule has 0 aliphatic carbocycles. The normalized spacial score (nSPS) is 24.3. The van der Waals surface area contributed by atoms with Crippen LogP contribution in [0.5, 0.6) is 5.75 Å². The van der Waals surface area contributed by atoms with Crippen LogP contribution >= 0.6 is 0 Å². The fourth-order valence-electron chi connectivity index (χ4n) is 5.55. The van der Waals surface area contributed by atoms with Gasteiger partial charge in [0.25, 0.3) is 5.91 Å². The van der Waals surface area contributed by atoms with Crippen molar-refractivity contribution < 1.29 is 11.0 Å². The van der Waals surface area contributed by atoms with E-state index in [0.29, 0.717) is 24.3 Å². The van der Waals surface area contributed by atoms with Gasteiger partial charge in [-0.1, -0.05) is 6.07 Å². The first kappa shape index (κ1) is 20.5. The van der Waals surface area contributed by atoms with Crippen LogP contribution in [-0.4, -0.2) is 53.3 Å². The predicted molar refractivity (Wildman–Crippen MR) is 131 cm³/mol. The molecule has 6 rings (SSSR count). The van der Waals surface area contributed by atoms with Crippen LogP contribution in [0.3, 0.4) is 0 Å². The van der Waals surface area contributed by atoms with Gasteiger partial charge in [0.15, 0.2) is 0 Å². The highest BCUT2D eigenvalue weighted by molar-refractivity contribution is 5.97. The summed E-state index contributed by atoms with van der Waals surface area (Å²) >= 11 is 0. The van der Waals surface area contributed by atoms with Crippen molar-refractivity contribution in [1.82, 2.24) is 20.2 Å². The van der Waals surface area contributed by atoms with E-state index in [1.807, 2.05) is 18.3 Å². The first-order valence-electron chi connectivity index (χ1n) is 12.2. The Hall–Kier alpha value is -3.06. The standard InChI is InChI=1S/C26H31N5O2.H2/c1-2-30-9-7-18-11-19(14-27-25(18)30)26(32)29-22-12-17-3-6-23(13-24(17)33-16-22)31-10-8-20-4-5-21(15-31)28-20;/h3,6-7,9,11,13-14,20-22,28H,2,4-5,8,10,12,15-16H2,1H3,(H,29,32);1H/t20?,21?,22-;/m0./s1. The lowest BCUT2D eigenvalue weighted by Crippen LogP contribution is -2.42. The van der Waals surface area contributed by atoms with Crippen molar-refractivity contribution in [2.24, 2.45) is 0 Å². The topological polar surface area (TPSA) is 71.4 Å². The zero-order valence-electron chi connectivity index (χ0n) is 19.1. The van der Waals surface area contributed by atoms with E-state index in [0.717, 1.165) is 48.4 Å². The third-order valence-electron chi connectivity index (χ3n) is 7.38. The van der Waals surface area contributed by atoms with Crippen molar-refractivity contribution in [3.05, 3.63) is 53.9 Å². The van der Waals surface area contributed by atoms with Crippen LogP contribution in [0.1, 0.15) is 43.5 Å². The maximum absolute atomic E-state index is 12.9. The largest absolute Gasteiger partial charge is 0.491 e. The van der Waals surface area contributed by atoms with E-state index in [4.69, 9.17) is 4.74 Å². The van der Waals surface area contributed by atoms with Crippen LogP contribution in [0.25, 0.3) is 11.0 Å². The first-order chi connectivity index (χ1) is 16.2. The molecule has 0 saturated carbocycles. The number of ether oxygens (including phenoxy) is 1. The minimum atomic E-state index is -0.102. The van der Waals surface area contributed by atoms with Gasteiger partial charge in [0.05, 0.1) is 11.6 Å². The number of hydrogen-bond donors (Lipinski definition) is 2. The Labute approximate surface area is 195 Å². The van der Waals surface area contributed by atoms with Crippen molar-refractivity contribution in [3.63, 3.8) is 0 Å². The lowest BCUT2D eigenvalue weighted by molar-refractivity contribution is 0.0915. The summed E-state index contributed by atoms with van der Waals surface area (Å²) < 4.78 is 8.18. The van der Waals surface area contributed by atoms with E-state index in [2.05, 4.69) is 50.2 Å². The molecule has 7 nitrogen and oxygen atoms in total. The summed E-state index contributed by atoms with van der Waals surface area (Å²) in [5, 5.41) is 7.87. The van der Waals surface area contributed by atoms with Crippen LogP contribution in [-0.2, 0) is 13.0 Å². The summed E-state index contributed by atoms with van der Waals surface area (Å²) in [5.74, 6) is 0.846. The number of aromatic nitrogens is 2. The summed E-state index contributed by atoms with van der Waals surface area (Å²) in [4.78, 5) is 19.9. The molecule has 1 amide bonds. The van der Waals surface area contributed by atoms with E-state index in [-0.39, 0.29) is 13.4 Å². The maximum Gasteiger partial charge on any atom is 0.253 e. The van der Waals surface area contributed by atoms with Crippen molar-refractivity contribution in [1.29, 1.82) is 0 Å². The number of aryl methyl sites for hydroxylation is 1. The summed E-state index contributed by atoms with van der Waals surface area (Å²) in [7, 11) is 0. The number of pyridine rings is 1. The Morgan fingerprint density at radius 1 is 1.24 bits per heavy atom. The summed E-state index contributed by atoms with van der Waals surface area (Å²) in [5.41, 5.74) is 3.89. The minimum absolute atomic E-state index is 0. The Bertz CT molecular complexity index is 1200. The highest BCUT2D eigenvalue weighted by Crippen LogP contribution is 2.32. The molecule has 2 bridgehead atoms. The molecular formula is C26H33N5O2. The number of fused-ring (bicyclic) bond motifs is 4. The predicted octanol–water partition coefficient (Wildman–Crippen LogP) is 3.37. The number of hydrogen-bond acceptors (Lipinski definition) is 5. The van der Waals surface area contributed by atoms with E-state index < -0.39 is 0 Å². The van der Waals surface area contributed by atoms with Crippen LogP contribution in [0.2, 0.25) is 0 Å². The van der Waals surface area contributed by atoms with Gasteiger partial charge in [-0.25, -0.2) is 4.98 Å². The van der Waals surface area contributed by atoms with Crippen molar-refractivity contribution in [2.45, 2.75) is 57.3 Å². The maximum atomic E-state index is 12.9. The monoisotopic (exact) mass is 447 g/mol. The second-order valence-electron chi connectivity index (χ2n) is 9.59. The van der Waals surface area contributed by atoms with Crippen LogP contribution in [0.4, 0.5) is 5.69 Å². The number of nitrogens with one attached hydrogen (secondary N) is 2. The van der Waals surface area contributed by atoms with Gasteiger partial charge in [-0.05, 0) is 56.4 Å². The molecule has 0 spiro atoms. The summed E-state index contributed by atoms with van der Waals surface area (Å²) in [6, 6.07) is 11.7. The quantitative estimate of drug-likeness (QED) is 0.642. The van der Waals surface area contributed by atoms with E-state index in [1.54, 1.807) is 6.20 Å². The Morgan fingerprint density at radius 2 is 2.15 bits per heavy atom. The Balaban J connectivity index is 0.00000241. The van der Waals surface area contributed by atoms with Gasteiger partial charge >= 0.3 is 0 Å². The molecule has 3 aliphatic rings. The molecule has 174 valence electrons. The van der Waals surface area contributed by atoms with Crippen molar-refractivity contribution in [3.8, 4) is 5.75 Å². The van der Waals surface area contributed by atoms with Gasteiger partial charge in [0.2, 0.25) is 0 Å². The smallest absolute Gasteiger partial charge is 0.253 e. The molecule has 2 unspecified atom stereocenters. The van der Waals surface area contributed by atoms with Gasteiger partial charge < -0.3 is 24.8 Å². The highest BCUT2D eigenvalue weighted by atomic mass is 16.5. The lowest BCUT2D eigenvalue weighted by Gasteiger charge is -2.30. The average molecular weight is 448 g/mol. The number of amides is 1. The number of carbonyl (C=O) groups excluding carboxylic acids is 1. The molecule has 3 aromatic rings. The molecule has 2 saturated heterocycles. The van der Waals surface area contributed by atoms with Crippen LogP contribution < -0.4 is 20.3 Å². The molecule has 7 heteroatoms. The first-order valence-corrected chi connectivity index (χ1v) is 12.2. The van der Waals surface area contributed by atoms with E-state index in [1.165, 1.54) is 24.9 Å². The van der Waals surface area contributed by atoms with Gasteiger partial charge in [-0.15, -0.1) is 0 Å². The van der Waals surface area contributed by atoms with E-state index >= 15 is 0 Å². The van der Waals surface area contributed by atoms with Gasteiger partial charge in [0.1, 0.15) is 18.0 Å². The third kappa shape index (κ3) is 3.95. The second kappa shape index (κ2) is 8.37. The molecule has 0 radical (unpaired) electrons. The number of nitrogens with zero attached hydrogens (tertiary/aromatic N) is 3. The van der Waals surface area contributed by atoms with E-state index in [9.17, 15) is 4.79 Å². The fraction of sp³-hybridized carbons (Fsp3) is 0.462. The average Bonchev–Trinajstić information content (AvgIpc) is 3.40. The molecule has 33 heavy (non-hydrogen) atoms. The minimum Gasteiger partial charge on any atom is -0.491 e. The lowest BCUT2D eigenvalue weighted by atomic mass is 10.0. The number of anilines is 1. The van der Waals surface area contributed by atoms with Crippen molar-refractivity contribution in [2.75, 3.05) is 24.6 Å². The number of benzene rings is 1. The molecule has 1 aromatic carbocycles. The van der Waals surface area contributed by atoms with Crippen LogP contribution in [0, 0.1) is 0 Å². The van der Waals surface area contributed by atoms with Gasteiger partial charge in [-0.3, -0.25) is 4.79 Å². The zero-order valence-corrected chi connectivity index (χ0v) is 19.1. The SMILES string of the molecule is CCn1ccc2cc(C(=O)N[C@@H]3COc4cc(N5CCC6CCC(C5)N6)ccc4C3)cnc21.[HH]. The Morgan fingerprint density at radius 3 is 3.06 bits per heavy atom. The molecular weight excluding hydrogens is 414 g/mol. The third-order valence-corrected chi connectivity index (χ3v) is 7.38. The molecule has 3 atom stereocenters. The molecule has 2 fully saturated rings. The van der Waals surface area contributed by atoms with Gasteiger partial charge in [-0.2, -0.15) is 0 Å². The molecule has 2 N–H and O–H groups in total. The molecule has 3 aliphatic heterocycles. The summed E-state index contributed by atoms with van der Waals surface area (Å²) in [6.45, 7) is 5.58. The second-order valence-corrected chi connectivity index (χ2v) is 9.59. The van der Waals surface area contributed by atoms with Crippen molar-refractivity contribution >= 4 is 22.6 Å². The fourth-order valence-corrected chi connectivity index (χ4v) is 5.55. The van der Waals surface area contributed by atoms with Gasteiger partial charge in [0, 0.05) is 62.7 Å². The Kier molecular flexibility index (Phi) is 5.21. The van der Waals surface area contributed by atoms with Crippen LogP contribution in [0.15, 0.2) is 42.7 Å². The zero-order chi connectivity index (χ0) is 22.4. The summed E-state index contributed by atoms with van der Waals surface area (Å²) in [6.07, 6.45) is 8.23. The number of carbonyl (C=O) groups is 1. The number of rotatable bonds is 4. The highest BCUT2D eigenvalue weighted by Gasteiger charge is 2.30. The molecule has 5 heterocycles.